The van der Waals surface area contributed by atoms with Crippen molar-refractivity contribution in [2.75, 3.05) is 39.9 Å². The van der Waals surface area contributed by atoms with Gasteiger partial charge in [-0.15, -0.1) is 0 Å². The first kappa shape index (κ1) is 22.5. The van der Waals surface area contributed by atoms with E-state index in [1.54, 1.807) is 0 Å². The Morgan fingerprint density at radius 2 is 1.96 bits per heavy atom. The van der Waals surface area contributed by atoms with Gasteiger partial charge in [0.15, 0.2) is 5.96 Å². The second-order valence-corrected chi connectivity index (χ2v) is 7.09. The van der Waals surface area contributed by atoms with Gasteiger partial charge in [-0.1, -0.05) is 45.0 Å². The molecule has 0 radical (unpaired) electrons. The summed E-state index contributed by atoms with van der Waals surface area (Å²) in [7, 11) is 2.14. The van der Waals surface area contributed by atoms with Crippen molar-refractivity contribution in [3.05, 3.63) is 35.4 Å². The molecule has 0 unspecified atom stereocenters. The number of rotatable bonds is 12. The van der Waals surface area contributed by atoms with Gasteiger partial charge in [-0.05, 0) is 44.0 Å². The molecule has 0 heterocycles. The van der Waals surface area contributed by atoms with Crippen molar-refractivity contribution in [3.63, 3.8) is 0 Å². The van der Waals surface area contributed by atoms with Crippen LogP contribution in [0.5, 0.6) is 0 Å². The molecule has 26 heavy (non-hydrogen) atoms. The first-order chi connectivity index (χ1) is 12.5. The molecule has 0 aromatic heterocycles. The van der Waals surface area contributed by atoms with E-state index in [2.05, 4.69) is 74.5 Å². The lowest BCUT2D eigenvalue weighted by molar-refractivity contribution is 0.108. The monoisotopic (exact) mass is 362 g/mol. The molecule has 0 atom stereocenters. The van der Waals surface area contributed by atoms with Crippen LogP contribution in [0.25, 0.3) is 0 Å². The molecule has 1 aromatic carbocycles. The zero-order valence-electron chi connectivity index (χ0n) is 17.3. The van der Waals surface area contributed by atoms with Crippen molar-refractivity contribution >= 4 is 5.96 Å². The van der Waals surface area contributed by atoms with Crippen molar-refractivity contribution in [3.8, 4) is 0 Å². The van der Waals surface area contributed by atoms with Gasteiger partial charge in [-0.2, -0.15) is 0 Å². The van der Waals surface area contributed by atoms with Crippen LogP contribution >= 0.6 is 0 Å². The highest BCUT2D eigenvalue weighted by Crippen LogP contribution is 2.08. The predicted octanol–water partition coefficient (Wildman–Crippen LogP) is 3.26. The van der Waals surface area contributed by atoms with Crippen LogP contribution in [0.2, 0.25) is 0 Å². The molecular formula is C21H38N4O. The molecular weight excluding hydrogens is 324 g/mol. The van der Waals surface area contributed by atoms with Crippen LogP contribution in [0, 0.1) is 5.92 Å². The fourth-order valence-electron chi connectivity index (χ4n) is 2.46. The third-order valence-electron chi connectivity index (χ3n) is 3.96. The number of hydrogen-bond acceptors (Lipinski definition) is 3. The lowest BCUT2D eigenvalue weighted by Crippen LogP contribution is -2.38. The van der Waals surface area contributed by atoms with Gasteiger partial charge >= 0.3 is 0 Å². The molecule has 0 aliphatic rings. The fourth-order valence-corrected chi connectivity index (χ4v) is 2.46. The van der Waals surface area contributed by atoms with Crippen molar-refractivity contribution in [1.29, 1.82) is 0 Å². The molecule has 0 amide bonds. The highest BCUT2D eigenvalue weighted by Gasteiger charge is 2.01. The molecule has 5 nitrogen and oxygen atoms in total. The van der Waals surface area contributed by atoms with Crippen molar-refractivity contribution < 1.29 is 4.74 Å². The van der Waals surface area contributed by atoms with E-state index < -0.39 is 0 Å². The molecule has 0 saturated heterocycles. The third-order valence-corrected chi connectivity index (χ3v) is 3.96. The molecule has 1 aromatic rings. The van der Waals surface area contributed by atoms with Crippen molar-refractivity contribution in [2.24, 2.45) is 10.9 Å². The van der Waals surface area contributed by atoms with Gasteiger partial charge in [0, 0.05) is 32.8 Å². The minimum Gasteiger partial charge on any atom is -0.381 e. The van der Waals surface area contributed by atoms with E-state index >= 15 is 0 Å². The van der Waals surface area contributed by atoms with Crippen LogP contribution in [-0.4, -0.2) is 50.8 Å². The molecule has 0 fully saturated rings. The van der Waals surface area contributed by atoms with Crippen molar-refractivity contribution in [2.45, 2.75) is 47.2 Å². The largest absolute Gasteiger partial charge is 0.381 e. The minimum absolute atomic E-state index is 0.592. The maximum absolute atomic E-state index is 5.62. The summed E-state index contributed by atoms with van der Waals surface area (Å²) in [6.07, 6.45) is 0.982. The Hall–Kier alpha value is -1.59. The lowest BCUT2D eigenvalue weighted by Gasteiger charge is -2.14. The minimum atomic E-state index is 0.592. The molecule has 0 aliphatic carbocycles. The first-order valence-corrected chi connectivity index (χ1v) is 9.91. The normalized spacial score (nSPS) is 12.0. The lowest BCUT2D eigenvalue weighted by atomic mass is 10.1. The van der Waals surface area contributed by atoms with Crippen LogP contribution < -0.4 is 10.6 Å². The van der Waals surface area contributed by atoms with Gasteiger partial charge in [0.2, 0.25) is 0 Å². The Morgan fingerprint density at radius 3 is 2.65 bits per heavy atom. The highest BCUT2D eigenvalue weighted by atomic mass is 16.5. The highest BCUT2D eigenvalue weighted by molar-refractivity contribution is 5.79. The van der Waals surface area contributed by atoms with Gasteiger partial charge in [0.25, 0.3) is 0 Å². The fraction of sp³-hybridized carbons (Fsp3) is 0.667. The Morgan fingerprint density at radius 1 is 1.19 bits per heavy atom. The molecule has 0 bridgehead atoms. The van der Waals surface area contributed by atoms with E-state index in [1.807, 2.05) is 0 Å². The van der Waals surface area contributed by atoms with Crippen LogP contribution in [0.1, 0.15) is 45.2 Å². The van der Waals surface area contributed by atoms with Crippen LogP contribution in [0.15, 0.2) is 29.3 Å². The zero-order valence-corrected chi connectivity index (χ0v) is 17.3. The van der Waals surface area contributed by atoms with Crippen LogP contribution in [0.4, 0.5) is 0 Å². The molecule has 148 valence electrons. The first-order valence-electron chi connectivity index (χ1n) is 9.91. The number of aliphatic imine (C=N–C) groups is 1. The third kappa shape index (κ3) is 10.4. The average Bonchev–Trinajstić information content (AvgIpc) is 2.62. The Balaban J connectivity index is 2.46. The second-order valence-electron chi connectivity index (χ2n) is 7.09. The average molecular weight is 363 g/mol. The van der Waals surface area contributed by atoms with Crippen LogP contribution in [0.3, 0.4) is 0 Å². The Bertz CT molecular complexity index is 516. The summed E-state index contributed by atoms with van der Waals surface area (Å²) in [6.45, 7) is 14.7. The summed E-state index contributed by atoms with van der Waals surface area (Å²) >= 11 is 0. The topological polar surface area (TPSA) is 48.9 Å². The molecule has 0 spiro atoms. The second kappa shape index (κ2) is 13.6. The van der Waals surface area contributed by atoms with Crippen LogP contribution in [-0.2, 0) is 17.8 Å². The van der Waals surface area contributed by atoms with E-state index in [4.69, 9.17) is 9.73 Å². The molecule has 2 N–H and O–H groups in total. The summed E-state index contributed by atoms with van der Waals surface area (Å²) in [5.74, 6) is 1.46. The standard InChI is InChI=1S/C21H38N4O/c1-6-22-21(23-12-9-13-26-17-18(3)4)24-15-19-10-8-11-20(14-19)16-25(5)7-2/h8,10-11,14,18H,6-7,9,12-13,15-17H2,1-5H3,(H2,22,23,24). The maximum Gasteiger partial charge on any atom is 0.191 e. The summed E-state index contributed by atoms with van der Waals surface area (Å²) in [6, 6.07) is 8.69. The van der Waals surface area contributed by atoms with Gasteiger partial charge in [-0.3, -0.25) is 0 Å². The van der Waals surface area contributed by atoms with Crippen molar-refractivity contribution in [1.82, 2.24) is 15.5 Å². The predicted molar refractivity (Wildman–Crippen MR) is 112 cm³/mol. The summed E-state index contributed by atoms with van der Waals surface area (Å²) in [4.78, 5) is 7.01. The molecule has 0 aliphatic heterocycles. The summed E-state index contributed by atoms with van der Waals surface area (Å²) < 4.78 is 5.62. The number of nitrogens with zero attached hydrogens (tertiary/aromatic N) is 2. The summed E-state index contributed by atoms with van der Waals surface area (Å²) in [5, 5.41) is 6.69. The number of guanidine groups is 1. The smallest absolute Gasteiger partial charge is 0.191 e. The Kier molecular flexibility index (Phi) is 11.7. The maximum atomic E-state index is 5.62. The van der Waals surface area contributed by atoms with E-state index in [-0.39, 0.29) is 0 Å². The van der Waals surface area contributed by atoms with E-state index in [0.717, 1.165) is 51.8 Å². The Labute approximate surface area is 160 Å². The van der Waals surface area contributed by atoms with Gasteiger partial charge in [0.1, 0.15) is 0 Å². The molecule has 1 rings (SSSR count). The summed E-state index contributed by atoms with van der Waals surface area (Å²) in [5.41, 5.74) is 2.58. The molecule has 0 saturated carbocycles. The number of benzene rings is 1. The van der Waals surface area contributed by atoms with Gasteiger partial charge in [-0.25, -0.2) is 4.99 Å². The van der Waals surface area contributed by atoms with Gasteiger partial charge < -0.3 is 20.3 Å². The number of hydrogen-bond donors (Lipinski definition) is 2. The number of nitrogens with one attached hydrogen (secondary N) is 2. The SMILES string of the molecule is CCNC(=NCc1cccc(CN(C)CC)c1)NCCCOCC(C)C. The van der Waals surface area contributed by atoms with E-state index in [0.29, 0.717) is 12.5 Å². The number of ether oxygens (including phenoxy) is 1. The zero-order chi connectivity index (χ0) is 19.2. The van der Waals surface area contributed by atoms with E-state index in [1.165, 1.54) is 11.1 Å². The van der Waals surface area contributed by atoms with Gasteiger partial charge in [0.05, 0.1) is 6.54 Å². The molecule has 5 heteroatoms. The van der Waals surface area contributed by atoms with E-state index in [9.17, 15) is 0 Å². The quantitative estimate of drug-likeness (QED) is 0.340.